The highest BCUT2D eigenvalue weighted by atomic mass is 28.4. The van der Waals surface area contributed by atoms with Gasteiger partial charge in [0.15, 0.2) is 31.6 Å². The Kier molecular flexibility index (Phi) is 4.42. The molecule has 0 atom stereocenters. The molecule has 0 amide bonds. The van der Waals surface area contributed by atoms with Gasteiger partial charge in [0.05, 0.1) is 5.56 Å². The van der Waals surface area contributed by atoms with E-state index >= 15 is 0 Å². The van der Waals surface area contributed by atoms with Gasteiger partial charge in [-0.3, -0.25) is 0 Å². The van der Waals surface area contributed by atoms with E-state index in [1.165, 1.54) is 31.8 Å². The van der Waals surface area contributed by atoms with E-state index in [1.807, 2.05) is 0 Å². The van der Waals surface area contributed by atoms with E-state index in [9.17, 15) is 22.0 Å². The van der Waals surface area contributed by atoms with Gasteiger partial charge in [0.1, 0.15) is 12.1 Å². The van der Waals surface area contributed by atoms with Crippen molar-refractivity contribution in [1.29, 1.82) is 10.5 Å². The largest absolute Gasteiger partial charge is 0.386 e. The van der Waals surface area contributed by atoms with Crippen LogP contribution in [0.3, 0.4) is 0 Å². The molecule has 0 saturated heterocycles. The summed E-state index contributed by atoms with van der Waals surface area (Å²) in [6.07, 6.45) is 0. The molecule has 1 aromatic rings. The van der Waals surface area contributed by atoms with Gasteiger partial charge in [0.25, 0.3) is 5.60 Å². The molecule has 0 aliphatic carbocycles. The van der Waals surface area contributed by atoms with Crippen LogP contribution in [-0.4, -0.2) is 8.32 Å². The predicted molar refractivity (Wildman–Crippen MR) is 63.6 cm³/mol. The summed E-state index contributed by atoms with van der Waals surface area (Å²) in [6, 6.07) is 2.42. The van der Waals surface area contributed by atoms with Gasteiger partial charge < -0.3 is 4.43 Å². The van der Waals surface area contributed by atoms with Crippen molar-refractivity contribution in [3.8, 4) is 12.1 Å². The van der Waals surface area contributed by atoms with Crippen LogP contribution in [0.2, 0.25) is 19.6 Å². The molecule has 0 saturated carbocycles. The smallest absolute Gasteiger partial charge is 0.264 e. The summed E-state index contributed by atoms with van der Waals surface area (Å²) in [4.78, 5) is 0. The van der Waals surface area contributed by atoms with Crippen LogP contribution in [-0.2, 0) is 10.0 Å². The Hall–Kier alpha value is -1.97. The van der Waals surface area contributed by atoms with Crippen LogP contribution in [0.25, 0.3) is 0 Å². The Morgan fingerprint density at radius 1 is 0.810 bits per heavy atom. The van der Waals surface area contributed by atoms with E-state index in [4.69, 9.17) is 14.9 Å². The van der Waals surface area contributed by atoms with E-state index in [1.54, 1.807) is 0 Å². The lowest BCUT2D eigenvalue weighted by Gasteiger charge is -2.28. The molecular weight excluding hydrogens is 311 g/mol. The van der Waals surface area contributed by atoms with Gasteiger partial charge in [0, 0.05) is 0 Å². The van der Waals surface area contributed by atoms with E-state index in [-0.39, 0.29) is 0 Å². The summed E-state index contributed by atoms with van der Waals surface area (Å²) in [5.41, 5.74) is -4.50. The summed E-state index contributed by atoms with van der Waals surface area (Å²) in [5, 5.41) is 18.1. The summed E-state index contributed by atoms with van der Waals surface area (Å²) in [5.74, 6) is -11.4. The molecule has 9 heteroatoms. The molecule has 0 unspecified atom stereocenters. The molecule has 0 aliphatic rings. The van der Waals surface area contributed by atoms with Gasteiger partial charge in [0.2, 0.25) is 5.82 Å². The molecule has 0 fully saturated rings. The lowest BCUT2D eigenvalue weighted by atomic mass is 9.95. The Balaban J connectivity index is 3.79. The number of hydrogen-bond donors (Lipinski definition) is 0. The first kappa shape index (κ1) is 17.1. The van der Waals surface area contributed by atoms with Crippen molar-refractivity contribution >= 4 is 8.32 Å². The van der Waals surface area contributed by atoms with Gasteiger partial charge >= 0.3 is 0 Å². The molecule has 1 rings (SSSR count). The van der Waals surface area contributed by atoms with Crippen molar-refractivity contribution < 1.29 is 26.4 Å². The Morgan fingerprint density at radius 3 is 1.43 bits per heavy atom. The number of halogens is 5. The first-order chi connectivity index (χ1) is 9.50. The van der Waals surface area contributed by atoms with Crippen LogP contribution in [0, 0.1) is 51.7 Å². The normalized spacial score (nSPS) is 11.9. The number of rotatable bonds is 3. The molecule has 0 N–H and O–H groups in total. The van der Waals surface area contributed by atoms with Crippen LogP contribution in [0.5, 0.6) is 0 Å². The fraction of sp³-hybridized carbons (Fsp3) is 0.333. The highest BCUT2D eigenvalue weighted by molar-refractivity contribution is 6.69. The first-order valence-electron chi connectivity index (χ1n) is 5.55. The van der Waals surface area contributed by atoms with Crippen LogP contribution in [0.1, 0.15) is 5.56 Å². The zero-order valence-corrected chi connectivity index (χ0v) is 12.2. The van der Waals surface area contributed by atoms with Gasteiger partial charge in [-0.15, -0.1) is 0 Å². The van der Waals surface area contributed by atoms with Crippen LogP contribution in [0.15, 0.2) is 0 Å². The molecule has 0 aromatic heterocycles. The standard InChI is InChI=1S/C12H9F5N2OSi/c1-21(2,3)20-12(4-18,5-19)6-7(13)9(15)11(17)10(16)8(6)14/h1-3H3. The minimum Gasteiger partial charge on any atom is -0.386 e. The average molecular weight is 320 g/mol. The summed E-state index contributed by atoms with van der Waals surface area (Å²) >= 11 is 0. The Bertz CT molecular complexity index is 629. The lowest BCUT2D eigenvalue weighted by molar-refractivity contribution is 0.165. The lowest BCUT2D eigenvalue weighted by Crippen LogP contribution is -2.40. The quantitative estimate of drug-likeness (QED) is 0.371. The highest BCUT2D eigenvalue weighted by Gasteiger charge is 2.46. The molecule has 0 bridgehead atoms. The van der Waals surface area contributed by atoms with E-state index < -0.39 is 48.6 Å². The highest BCUT2D eigenvalue weighted by Crippen LogP contribution is 2.35. The molecule has 0 radical (unpaired) electrons. The molecule has 21 heavy (non-hydrogen) atoms. The number of benzene rings is 1. The second-order valence-corrected chi connectivity index (χ2v) is 9.49. The minimum atomic E-state index is -2.91. The summed E-state index contributed by atoms with van der Waals surface area (Å²) in [6.45, 7) is 4.47. The van der Waals surface area contributed by atoms with Crippen molar-refractivity contribution in [2.45, 2.75) is 25.2 Å². The molecule has 1 aromatic carbocycles. The molecule has 0 spiro atoms. The van der Waals surface area contributed by atoms with Gasteiger partial charge in [-0.05, 0) is 19.6 Å². The topological polar surface area (TPSA) is 56.8 Å². The molecule has 112 valence electrons. The maximum absolute atomic E-state index is 13.8. The van der Waals surface area contributed by atoms with Crippen LogP contribution >= 0.6 is 0 Å². The van der Waals surface area contributed by atoms with Crippen molar-refractivity contribution in [3.05, 3.63) is 34.6 Å². The molecule has 0 heterocycles. The maximum atomic E-state index is 13.8. The van der Waals surface area contributed by atoms with Gasteiger partial charge in [-0.1, -0.05) is 0 Å². The fourth-order valence-electron chi connectivity index (χ4n) is 1.61. The SMILES string of the molecule is C[Si](C)(C)OC(C#N)(C#N)c1c(F)c(F)c(F)c(F)c1F. The third kappa shape index (κ3) is 2.89. The van der Waals surface area contributed by atoms with Gasteiger partial charge in [-0.2, -0.15) is 10.5 Å². The number of nitrogens with zero attached hydrogens (tertiary/aromatic N) is 2. The molecular formula is C12H9F5N2OSi. The van der Waals surface area contributed by atoms with E-state index in [2.05, 4.69) is 0 Å². The van der Waals surface area contributed by atoms with E-state index in [0.29, 0.717) is 0 Å². The Labute approximate surface area is 118 Å². The second kappa shape index (κ2) is 5.43. The third-order valence-corrected chi connectivity index (χ3v) is 3.25. The predicted octanol–water partition coefficient (Wildman–Crippen LogP) is 3.48. The summed E-state index contributed by atoms with van der Waals surface area (Å²) < 4.78 is 72.1. The van der Waals surface area contributed by atoms with Crippen molar-refractivity contribution in [3.63, 3.8) is 0 Å². The first-order valence-corrected chi connectivity index (χ1v) is 8.96. The molecule has 0 aliphatic heterocycles. The monoisotopic (exact) mass is 320 g/mol. The van der Waals surface area contributed by atoms with Crippen LogP contribution < -0.4 is 0 Å². The number of hydrogen-bond acceptors (Lipinski definition) is 3. The minimum absolute atomic E-state index is 1.21. The van der Waals surface area contributed by atoms with E-state index in [0.717, 1.165) is 0 Å². The fourth-order valence-corrected chi connectivity index (χ4v) is 2.72. The Morgan fingerprint density at radius 2 is 1.14 bits per heavy atom. The third-order valence-electron chi connectivity index (χ3n) is 2.34. The molecule has 3 nitrogen and oxygen atoms in total. The maximum Gasteiger partial charge on any atom is 0.264 e. The van der Waals surface area contributed by atoms with Crippen molar-refractivity contribution in [1.82, 2.24) is 0 Å². The second-order valence-electron chi connectivity index (χ2n) is 5.06. The van der Waals surface area contributed by atoms with Gasteiger partial charge in [-0.25, -0.2) is 22.0 Å². The number of nitriles is 2. The zero-order chi connectivity index (χ0) is 16.6. The van der Waals surface area contributed by atoms with Crippen molar-refractivity contribution in [2.24, 2.45) is 0 Å². The van der Waals surface area contributed by atoms with Crippen molar-refractivity contribution in [2.75, 3.05) is 0 Å². The summed E-state index contributed by atoms with van der Waals surface area (Å²) in [7, 11) is -2.73. The average Bonchev–Trinajstić information content (AvgIpc) is 2.40. The van der Waals surface area contributed by atoms with Crippen LogP contribution in [0.4, 0.5) is 22.0 Å². The zero-order valence-electron chi connectivity index (χ0n) is 11.2.